The van der Waals surface area contributed by atoms with Gasteiger partial charge in [-0.15, -0.1) is 0 Å². The number of aromatic nitrogens is 2. The second kappa shape index (κ2) is 10.3. The zero-order valence-corrected chi connectivity index (χ0v) is 16.0. The Hall–Kier alpha value is -1.79. The number of ether oxygens (including phenoxy) is 1. The van der Waals surface area contributed by atoms with Gasteiger partial charge in [-0.1, -0.05) is 42.1 Å². The Morgan fingerprint density at radius 1 is 1.32 bits per heavy atom. The van der Waals surface area contributed by atoms with Crippen LogP contribution in [0, 0.1) is 6.92 Å². The van der Waals surface area contributed by atoms with Crippen molar-refractivity contribution in [1.29, 1.82) is 0 Å². The standard InChI is InChI=1S/C19H27N3O2S/c1-14(2)24-11-7-10-20-18(23)13-25-19-21-15(3)17(22-19)12-16-8-5-4-6-9-16/h4-6,8-9,14H,7,10-13H2,1-3H3,(H,20,23)(H,21,22). The van der Waals surface area contributed by atoms with Gasteiger partial charge in [0, 0.05) is 25.3 Å². The van der Waals surface area contributed by atoms with Gasteiger partial charge in [0.1, 0.15) is 0 Å². The second-order valence-corrected chi connectivity index (χ2v) is 7.15. The van der Waals surface area contributed by atoms with Crippen LogP contribution >= 0.6 is 11.8 Å². The molecule has 1 aromatic carbocycles. The van der Waals surface area contributed by atoms with Crippen molar-refractivity contribution in [3.05, 3.63) is 47.3 Å². The number of hydrogen-bond acceptors (Lipinski definition) is 4. The summed E-state index contributed by atoms with van der Waals surface area (Å²) in [6.45, 7) is 7.34. The van der Waals surface area contributed by atoms with Crippen molar-refractivity contribution in [2.24, 2.45) is 0 Å². The Bertz CT molecular complexity index is 656. The van der Waals surface area contributed by atoms with Gasteiger partial charge < -0.3 is 15.0 Å². The van der Waals surface area contributed by atoms with Crippen molar-refractivity contribution in [2.75, 3.05) is 18.9 Å². The summed E-state index contributed by atoms with van der Waals surface area (Å²) in [5, 5.41) is 3.70. The average molecular weight is 362 g/mol. The monoisotopic (exact) mass is 361 g/mol. The third-order valence-electron chi connectivity index (χ3n) is 3.61. The van der Waals surface area contributed by atoms with Gasteiger partial charge in [-0.05, 0) is 32.8 Å². The highest BCUT2D eigenvalue weighted by atomic mass is 32.2. The smallest absolute Gasteiger partial charge is 0.230 e. The maximum absolute atomic E-state index is 11.9. The first-order chi connectivity index (χ1) is 12.0. The van der Waals surface area contributed by atoms with Crippen LogP contribution in [-0.2, 0) is 16.0 Å². The van der Waals surface area contributed by atoms with Gasteiger partial charge in [0.05, 0.1) is 17.6 Å². The fraction of sp³-hybridized carbons (Fsp3) is 0.474. The largest absolute Gasteiger partial charge is 0.379 e. The van der Waals surface area contributed by atoms with Gasteiger partial charge >= 0.3 is 0 Å². The number of nitrogens with one attached hydrogen (secondary N) is 2. The van der Waals surface area contributed by atoms with E-state index in [4.69, 9.17) is 4.74 Å². The summed E-state index contributed by atoms with van der Waals surface area (Å²) in [4.78, 5) is 19.8. The number of rotatable bonds is 10. The molecule has 136 valence electrons. The zero-order chi connectivity index (χ0) is 18.1. The Morgan fingerprint density at radius 3 is 2.80 bits per heavy atom. The van der Waals surface area contributed by atoms with Crippen LogP contribution in [0.4, 0.5) is 0 Å². The average Bonchev–Trinajstić information content (AvgIpc) is 2.93. The molecule has 0 bridgehead atoms. The van der Waals surface area contributed by atoms with Crippen LogP contribution in [-0.4, -0.2) is 40.9 Å². The predicted molar refractivity (Wildman–Crippen MR) is 102 cm³/mol. The van der Waals surface area contributed by atoms with Crippen LogP contribution in [0.2, 0.25) is 0 Å². The van der Waals surface area contributed by atoms with E-state index in [1.54, 1.807) is 0 Å². The Kier molecular flexibility index (Phi) is 8.01. The summed E-state index contributed by atoms with van der Waals surface area (Å²) >= 11 is 1.43. The van der Waals surface area contributed by atoms with Gasteiger partial charge in [-0.25, -0.2) is 4.98 Å². The second-order valence-electron chi connectivity index (χ2n) is 6.19. The van der Waals surface area contributed by atoms with Gasteiger partial charge in [0.15, 0.2) is 5.16 Å². The first-order valence-corrected chi connectivity index (χ1v) is 9.63. The van der Waals surface area contributed by atoms with E-state index >= 15 is 0 Å². The molecule has 6 heteroatoms. The van der Waals surface area contributed by atoms with Crippen LogP contribution in [0.5, 0.6) is 0 Å². The topological polar surface area (TPSA) is 67.0 Å². The number of carbonyl (C=O) groups excluding carboxylic acids is 1. The van der Waals surface area contributed by atoms with E-state index in [2.05, 4.69) is 27.4 Å². The highest BCUT2D eigenvalue weighted by molar-refractivity contribution is 7.99. The highest BCUT2D eigenvalue weighted by Gasteiger charge is 2.10. The quantitative estimate of drug-likeness (QED) is 0.503. The minimum Gasteiger partial charge on any atom is -0.379 e. The van der Waals surface area contributed by atoms with Crippen LogP contribution in [0.25, 0.3) is 0 Å². The Balaban J connectivity index is 1.72. The van der Waals surface area contributed by atoms with Crippen molar-refractivity contribution in [3.8, 4) is 0 Å². The summed E-state index contributed by atoms with van der Waals surface area (Å²) < 4.78 is 5.45. The molecule has 5 nitrogen and oxygen atoms in total. The molecule has 0 fully saturated rings. The van der Waals surface area contributed by atoms with Gasteiger partial charge in [-0.2, -0.15) is 0 Å². The molecule has 1 amide bonds. The van der Waals surface area contributed by atoms with E-state index in [1.807, 2.05) is 39.0 Å². The van der Waals surface area contributed by atoms with E-state index < -0.39 is 0 Å². The number of aromatic amines is 1. The number of hydrogen-bond donors (Lipinski definition) is 2. The van der Waals surface area contributed by atoms with Crippen LogP contribution in [0.1, 0.15) is 37.2 Å². The summed E-state index contributed by atoms with van der Waals surface area (Å²) in [7, 11) is 0. The molecule has 0 aliphatic carbocycles. The minimum absolute atomic E-state index is 0.0215. The maximum atomic E-state index is 11.9. The normalized spacial score (nSPS) is 11.0. The third kappa shape index (κ3) is 7.32. The SMILES string of the molecule is Cc1[nH]c(SCC(=O)NCCCOC(C)C)nc1Cc1ccccc1. The van der Waals surface area contributed by atoms with E-state index in [0.717, 1.165) is 29.4 Å². The lowest BCUT2D eigenvalue weighted by Gasteiger charge is -2.07. The molecule has 0 spiro atoms. The lowest BCUT2D eigenvalue weighted by atomic mass is 10.1. The van der Waals surface area contributed by atoms with Crippen LogP contribution < -0.4 is 5.32 Å². The number of benzene rings is 1. The molecule has 0 saturated carbocycles. The molecule has 1 aromatic heterocycles. The van der Waals surface area contributed by atoms with E-state index in [-0.39, 0.29) is 12.0 Å². The molecule has 0 radical (unpaired) electrons. The highest BCUT2D eigenvalue weighted by Crippen LogP contribution is 2.18. The molecule has 0 unspecified atom stereocenters. The van der Waals surface area contributed by atoms with E-state index in [9.17, 15) is 4.79 Å². The van der Waals surface area contributed by atoms with Crippen molar-refractivity contribution >= 4 is 17.7 Å². The van der Waals surface area contributed by atoms with Crippen molar-refractivity contribution in [1.82, 2.24) is 15.3 Å². The van der Waals surface area contributed by atoms with Gasteiger partial charge in [-0.3, -0.25) is 4.79 Å². The van der Waals surface area contributed by atoms with E-state index in [1.165, 1.54) is 17.3 Å². The number of H-pyrrole nitrogens is 1. The number of nitrogens with zero attached hydrogens (tertiary/aromatic N) is 1. The lowest BCUT2D eigenvalue weighted by molar-refractivity contribution is -0.118. The molecule has 1 heterocycles. The van der Waals surface area contributed by atoms with Crippen molar-refractivity contribution in [3.63, 3.8) is 0 Å². The van der Waals surface area contributed by atoms with Gasteiger partial charge in [0.2, 0.25) is 5.91 Å². The fourth-order valence-electron chi connectivity index (χ4n) is 2.30. The molecular formula is C19H27N3O2S. The van der Waals surface area contributed by atoms with Crippen molar-refractivity contribution < 1.29 is 9.53 Å². The zero-order valence-electron chi connectivity index (χ0n) is 15.2. The summed E-state index contributed by atoms with van der Waals surface area (Å²) in [6, 6.07) is 10.3. The summed E-state index contributed by atoms with van der Waals surface area (Å²) in [6.07, 6.45) is 1.86. The molecule has 0 aliphatic heterocycles. The van der Waals surface area contributed by atoms with Crippen LogP contribution in [0.15, 0.2) is 35.5 Å². The first-order valence-electron chi connectivity index (χ1n) is 8.65. The third-order valence-corrected chi connectivity index (χ3v) is 4.49. The summed E-state index contributed by atoms with van der Waals surface area (Å²) in [5.41, 5.74) is 3.31. The molecule has 2 N–H and O–H groups in total. The Morgan fingerprint density at radius 2 is 2.08 bits per heavy atom. The number of imidazole rings is 1. The molecule has 2 rings (SSSR count). The lowest BCUT2D eigenvalue weighted by Crippen LogP contribution is -2.27. The molecule has 0 aliphatic rings. The van der Waals surface area contributed by atoms with Crippen molar-refractivity contribution in [2.45, 2.75) is 44.9 Å². The molecular weight excluding hydrogens is 334 g/mol. The molecule has 2 aromatic rings. The molecule has 0 atom stereocenters. The maximum Gasteiger partial charge on any atom is 0.230 e. The van der Waals surface area contributed by atoms with Crippen LogP contribution in [0.3, 0.4) is 0 Å². The Labute approximate surface area is 154 Å². The molecule has 25 heavy (non-hydrogen) atoms. The summed E-state index contributed by atoms with van der Waals surface area (Å²) in [5.74, 6) is 0.385. The number of thioether (sulfide) groups is 1. The molecule has 0 saturated heterocycles. The number of aryl methyl sites for hydroxylation is 1. The van der Waals surface area contributed by atoms with E-state index in [0.29, 0.717) is 18.9 Å². The number of carbonyl (C=O) groups is 1. The first kappa shape index (κ1) is 19.5. The van der Waals surface area contributed by atoms with Gasteiger partial charge in [0.25, 0.3) is 0 Å². The number of amides is 1. The predicted octanol–water partition coefficient (Wildman–Crippen LogP) is 3.33. The minimum atomic E-state index is 0.0215. The fourth-order valence-corrected chi connectivity index (χ4v) is 3.07.